The van der Waals surface area contributed by atoms with Gasteiger partial charge in [0.15, 0.2) is 16.1 Å². The number of aromatic nitrogens is 5. The molecule has 3 heterocycles. The summed E-state index contributed by atoms with van der Waals surface area (Å²) in [6.45, 7) is 0. The van der Waals surface area contributed by atoms with Crippen LogP contribution in [0.5, 0.6) is 0 Å². The number of anilines is 2. The van der Waals surface area contributed by atoms with Crippen LogP contribution in [0.4, 0.5) is 10.8 Å². The number of thiazole rings is 1. The summed E-state index contributed by atoms with van der Waals surface area (Å²) in [7, 11) is -1.93. The van der Waals surface area contributed by atoms with Crippen LogP contribution in [0.2, 0.25) is 0 Å². The van der Waals surface area contributed by atoms with Crippen LogP contribution in [0.25, 0.3) is 11.5 Å². The molecule has 1 aromatic carbocycles. The average molecular weight is 488 g/mol. The van der Waals surface area contributed by atoms with Gasteiger partial charge in [-0.25, -0.2) is 13.4 Å². The second-order valence-corrected chi connectivity index (χ2v) is 9.90. The van der Waals surface area contributed by atoms with Gasteiger partial charge >= 0.3 is 0 Å². The van der Waals surface area contributed by atoms with Crippen LogP contribution in [0.3, 0.4) is 0 Å². The van der Waals surface area contributed by atoms with Crippen LogP contribution < -0.4 is 10.0 Å². The van der Waals surface area contributed by atoms with Crippen molar-refractivity contribution in [2.45, 2.75) is 10.1 Å². The van der Waals surface area contributed by atoms with Gasteiger partial charge in [-0.15, -0.1) is 21.5 Å². The zero-order valence-corrected chi connectivity index (χ0v) is 19.1. The molecule has 0 atom stereocenters. The number of hydrogen-bond donors (Lipinski definition) is 2. The highest BCUT2D eigenvalue weighted by molar-refractivity contribution is 7.99. The first-order chi connectivity index (χ1) is 15.4. The third-order valence-corrected chi connectivity index (χ3v) is 7.36. The van der Waals surface area contributed by atoms with Gasteiger partial charge < -0.3 is 9.88 Å². The lowest BCUT2D eigenvalue weighted by molar-refractivity contribution is -0.113. The molecule has 0 bridgehead atoms. The van der Waals surface area contributed by atoms with Gasteiger partial charge in [-0.2, -0.15) is 0 Å². The van der Waals surface area contributed by atoms with Crippen LogP contribution in [0.15, 0.2) is 70.3 Å². The highest BCUT2D eigenvalue weighted by atomic mass is 32.2. The Morgan fingerprint density at radius 2 is 1.91 bits per heavy atom. The number of pyridine rings is 1. The predicted octanol–water partition coefficient (Wildman–Crippen LogP) is 2.87. The number of sulfonamides is 1. The predicted molar refractivity (Wildman–Crippen MR) is 123 cm³/mol. The SMILES string of the molecule is Cn1c(SCC(=O)Nc2ccc(S(=O)(=O)Nc3nccs3)cc2)nnc1-c1ccccn1. The molecule has 0 saturated carbocycles. The molecule has 0 spiro atoms. The maximum Gasteiger partial charge on any atom is 0.263 e. The molecule has 0 aliphatic carbocycles. The largest absolute Gasteiger partial charge is 0.325 e. The van der Waals surface area contributed by atoms with Crippen molar-refractivity contribution in [2.75, 3.05) is 15.8 Å². The highest BCUT2D eigenvalue weighted by Gasteiger charge is 2.16. The molecule has 0 fully saturated rings. The number of hydrogen-bond acceptors (Lipinski definition) is 9. The zero-order chi connectivity index (χ0) is 22.6. The molecular weight excluding hydrogens is 470 g/mol. The Morgan fingerprint density at radius 3 is 2.59 bits per heavy atom. The summed E-state index contributed by atoms with van der Waals surface area (Å²) in [5.74, 6) is 0.463. The molecule has 164 valence electrons. The maximum atomic E-state index is 12.4. The van der Waals surface area contributed by atoms with Crippen molar-refractivity contribution in [1.29, 1.82) is 0 Å². The zero-order valence-electron chi connectivity index (χ0n) is 16.7. The third kappa shape index (κ3) is 5.12. The van der Waals surface area contributed by atoms with Gasteiger partial charge in [0.1, 0.15) is 5.69 Å². The molecule has 0 aliphatic heterocycles. The van der Waals surface area contributed by atoms with Crippen LogP contribution in [-0.4, -0.2) is 44.8 Å². The fourth-order valence-corrected chi connectivity index (χ4v) is 5.15. The molecular formula is C19H17N7O3S3. The van der Waals surface area contributed by atoms with Crippen molar-refractivity contribution in [3.63, 3.8) is 0 Å². The standard InChI is InChI=1S/C19H17N7O3S3/c1-26-17(15-4-2-3-9-20-15)23-24-19(26)31-12-16(27)22-13-5-7-14(8-6-13)32(28,29)25-18-21-10-11-30-18/h2-11H,12H2,1H3,(H,21,25)(H,22,27). The van der Waals surface area contributed by atoms with Gasteiger partial charge in [-0.3, -0.25) is 14.5 Å². The molecule has 4 aromatic rings. The molecule has 0 aliphatic rings. The van der Waals surface area contributed by atoms with Crippen molar-refractivity contribution < 1.29 is 13.2 Å². The number of thioether (sulfide) groups is 1. The fraction of sp³-hybridized carbons (Fsp3) is 0.105. The van der Waals surface area contributed by atoms with Crippen molar-refractivity contribution in [2.24, 2.45) is 7.05 Å². The Hall–Kier alpha value is -3.29. The van der Waals surface area contributed by atoms with Gasteiger partial charge in [0.2, 0.25) is 5.91 Å². The number of nitrogens with one attached hydrogen (secondary N) is 2. The Bertz CT molecular complexity index is 1310. The van der Waals surface area contributed by atoms with E-state index in [0.29, 0.717) is 22.4 Å². The lowest BCUT2D eigenvalue weighted by Crippen LogP contribution is -2.15. The molecule has 13 heteroatoms. The molecule has 0 unspecified atom stereocenters. The number of carbonyl (C=O) groups excluding carboxylic acids is 1. The minimum Gasteiger partial charge on any atom is -0.325 e. The quantitative estimate of drug-likeness (QED) is 0.363. The van der Waals surface area contributed by atoms with Gasteiger partial charge in [0.05, 0.1) is 10.6 Å². The number of amides is 1. The molecule has 0 saturated heterocycles. The normalized spacial score (nSPS) is 11.3. The summed E-state index contributed by atoms with van der Waals surface area (Å²) >= 11 is 2.42. The van der Waals surface area contributed by atoms with E-state index < -0.39 is 10.0 Å². The Labute approximate surface area is 192 Å². The summed E-state index contributed by atoms with van der Waals surface area (Å²) in [5, 5.41) is 13.5. The number of nitrogens with zero attached hydrogens (tertiary/aromatic N) is 5. The first-order valence-electron chi connectivity index (χ1n) is 9.18. The van der Waals surface area contributed by atoms with E-state index >= 15 is 0 Å². The second-order valence-electron chi connectivity index (χ2n) is 6.38. The second kappa shape index (κ2) is 9.46. The monoisotopic (exact) mass is 487 g/mol. The molecule has 3 aromatic heterocycles. The van der Waals surface area contributed by atoms with E-state index in [9.17, 15) is 13.2 Å². The lowest BCUT2D eigenvalue weighted by Gasteiger charge is -2.08. The van der Waals surface area contributed by atoms with Crippen LogP contribution in [0, 0.1) is 0 Å². The molecule has 4 rings (SSSR count). The van der Waals surface area contributed by atoms with Crippen molar-refractivity contribution in [1.82, 2.24) is 24.7 Å². The summed E-state index contributed by atoms with van der Waals surface area (Å²) in [4.78, 5) is 20.6. The van der Waals surface area contributed by atoms with E-state index in [1.54, 1.807) is 16.1 Å². The van der Waals surface area contributed by atoms with E-state index in [-0.39, 0.29) is 21.7 Å². The molecule has 0 radical (unpaired) electrons. The topological polar surface area (TPSA) is 132 Å². The average Bonchev–Trinajstić information content (AvgIpc) is 3.42. The Morgan fingerprint density at radius 1 is 1.09 bits per heavy atom. The smallest absolute Gasteiger partial charge is 0.263 e. The summed E-state index contributed by atoms with van der Waals surface area (Å²) in [6.07, 6.45) is 3.19. The van der Waals surface area contributed by atoms with E-state index in [1.165, 1.54) is 53.6 Å². The summed E-state index contributed by atoms with van der Waals surface area (Å²) in [6, 6.07) is 11.4. The van der Waals surface area contributed by atoms with Gasteiger partial charge in [-0.1, -0.05) is 17.8 Å². The highest BCUT2D eigenvalue weighted by Crippen LogP contribution is 2.22. The Kier molecular flexibility index (Phi) is 6.48. The van der Waals surface area contributed by atoms with E-state index in [4.69, 9.17) is 0 Å². The van der Waals surface area contributed by atoms with Crippen LogP contribution >= 0.6 is 23.1 Å². The van der Waals surface area contributed by atoms with E-state index in [1.807, 2.05) is 25.2 Å². The lowest BCUT2D eigenvalue weighted by atomic mass is 10.3. The number of benzene rings is 1. The van der Waals surface area contributed by atoms with Crippen molar-refractivity contribution in [3.8, 4) is 11.5 Å². The summed E-state index contributed by atoms with van der Waals surface area (Å²) < 4.78 is 28.9. The molecule has 1 amide bonds. The minimum atomic E-state index is -3.74. The van der Waals surface area contributed by atoms with E-state index in [0.717, 1.165) is 0 Å². The fourth-order valence-electron chi connectivity index (χ4n) is 2.65. The minimum absolute atomic E-state index is 0.0706. The maximum absolute atomic E-state index is 12.4. The van der Waals surface area contributed by atoms with Gasteiger partial charge in [0, 0.05) is 30.5 Å². The van der Waals surface area contributed by atoms with Gasteiger partial charge in [0.25, 0.3) is 10.0 Å². The van der Waals surface area contributed by atoms with E-state index in [2.05, 4.69) is 30.2 Å². The molecule has 2 N–H and O–H groups in total. The Balaban J connectivity index is 1.34. The van der Waals surface area contributed by atoms with Crippen molar-refractivity contribution in [3.05, 3.63) is 60.2 Å². The molecule has 10 nitrogen and oxygen atoms in total. The van der Waals surface area contributed by atoms with Crippen LogP contribution in [0.1, 0.15) is 0 Å². The van der Waals surface area contributed by atoms with Crippen LogP contribution in [-0.2, 0) is 21.9 Å². The molecule has 32 heavy (non-hydrogen) atoms. The van der Waals surface area contributed by atoms with Crippen molar-refractivity contribution >= 4 is 49.8 Å². The number of rotatable bonds is 8. The first-order valence-corrected chi connectivity index (χ1v) is 12.5. The first kappa shape index (κ1) is 21.9. The summed E-state index contributed by atoms with van der Waals surface area (Å²) in [5.41, 5.74) is 1.18. The number of carbonyl (C=O) groups is 1. The third-order valence-electron chi connectivity index (χ3n) is 4.16. The van der Waals surface area contributed by atoms with Gasteiger partial charge in [-0.05, 0) is 36.4 Å².